The second kappa shape index (κ2) is 8.12. The summed E-state index contributed by atoms with van der Waals surface area (Å²) in [5.41, 5.74) is 0. The van der Waals surface area contributed by atoms with E-state index in [-0.39, 0.29) is 6.47 Å². The quantitative estimate of drug-likeness (QED) is 0.660. The zero-order valence-electron chi connectivity index (χ0n) is 10.5. The summed E-state index contributed by atoms with van der Waals surface area (Å²) in [7, 11) is 0. The molecule has 0 saturated carbocycles. The van der Waals surface area contributed by atoms with Gasteiger partial charge in [0.25, 0.3) is 6.47 Å². The van der Waals surface area contributed by atoms with E-state index >= 15 is 0 Å². The van der Waals surface area contributed by atoms with E-state index in [4.69, 9.17) is 14.6 Å². The summed E-state index contributed by atoms with van der Waals surface area (Å²) in [6.07, 6.45) is 2.29. The Bertz CT molecular complexity index is 475. The van der Waals surface area contributed by atoms with E-state index in [2.05, 4.69) is 37.3 Å². The molecule has 0 spiro atoms. The maximum Gasteiger partial charge on any atom is 0.290 e. The van der Waals surface area contributed by atoms with Crippen LogP contribution < -0.4 is 4.74 Å². The van der Waals surface area contributed by atoms with Gasteiger partial charge in [-0.3, -0.25) is 4.79 Å². The molecular formula is C15H18O3. The minimum atomic E-state index is -0.250. The van der Waals surface area contributed by atoms with Gasteiger partial charge >= 0.3 is 0 Å². The number of hydrogen-bond donors (Lipinski definition) is 1. The first-order valence-corrected chi connectivity index (χ1v) is 6.02. The van der Waals surface area contributed by atoms with Gasteiger partial charge in [0.1, 0.15) is 5.75 Å². The minimum absolute atomic E-state index is 0.250. The highest BCUT2D eigenvalue weighted by Crippen LogP contribution is 2.25. The summed E-state index contributed by atoms with van der Waals surface area (Å²) in [6, 6.07) is 14.5. The molecule has 2 aromatic carbocycles. The van der Waals surface area contributed by atoms with E-state index in [1.807, 2.05) is 12.1 Å². The topological polar surface area (TPSA) is 46.5 Å². The number of carbonyl (C=O) groups is 1. The first-order chi connectivity index (χ1) is 8.83. The van der Waals surface area contributed by atoms with Crippen LogP contribution in [0.2, 0.25) is 0 Å². The van der Waals surface area contributed by atoms with Crippen LogP contribution in [-0.4, -0.2) is 18.2 Å². The third kappa shape index (κ3) is 4.09. The Kier molecular flexibility index (Phi) is 6.33. The average Bonchev–Trinajstić information content (AvgIpc) is 2.40. The van der Waals surface area contributed by atoms with Crippen molar-refractivity contribution < 1.29 is 14.6 Å². The molecule has 0 fully saturated rings. The van der Waals surface area contributed by atoms with E-state index in [9.17, 15) is 0 Å². The van der Waals surface area contributed by atoms with Gasteiger partial charge in [-0.2, -0.15) is 0 Å². The molecule has 0 saturated heterocycles. The third-order valence-corrected chi connectivity index (χ3v) is 2.51. The molecule has 3 nitrogen and oxygen atoms in total. The number of benzene rings is 2. The standard InChI is InChI=1S/C14H16O.CH2O2/c1-2-3-11-15-14-10-6-8-12-7-4-5-9-13(12)14;2-1-3/h4-10H,2-3,11H2,1H3;1H,(H,2,3). The van der Waals surface area contributed by atoms with E-state index < -0.39 is 0 Å². The molecule has 0 radical (unpaired) electrons. The molecule has 0 aliphatic carbocycles. The predicted octanol–water partition coefficient (Wildman–Crippen LogP) is 3.72. The van der Waals surface area contributed by atoms with E-state index in [0.717, 1.165) is 18.8 Å². The molecular weight excluding hydrogens is 228 g/mol. The molecule has 0 atom stereocenters. The Morgan fingerprint density at radius 2 is 1.83 bits per heavy atom. The minimum Gasteiger partial charge on any atom is -0.493 e. The lowest BCUT2D eigenvalue weighted by Gasteiger charge is -2.08. The summed E-state index contributed by atoms with van der Waals surface area (Å²) in [4.78, 5) is 8.36. The van der Waals surface area contributed by atoms with Crippen LogP contribution in [0.3, 0.4) is 0 Å². The first-order valence-electron chi connectivity index (χ1n) is 6.02. The van der Waals surface area contributed by atoms with Crippen LogP contribution in [0.25, 0.3) is 10.8 Å². The average molecular weight is 246 g/mol. The van der Waals surface area contributed by atoms with Gasteiger partial charge in [0, 0.05) is 5.39 Å². The molecule has 0 aliphatic rings. The lowest BCUT2D eigenvalue weighted by atomic mass is 10.1. The van der Waals surface area contributed by atoms with Gasteiger partial charge in [0.15, 0.2) is 0 Å². The Labute approximate surface area is 107 Å². The van der Waals surface area contributed by atoms with Crippen molar-refractivity contribution in [3.8, 4) is 5.75 Å². The van der Waals surface area contributed by atoms with Gasteiger partial charge in [-0.15, -0.1) is 0 Å². The predicted molar refractivity (Wildman–Crippen MR) is 73.0 cm³/mol. The van der Waals surface area contributed by atoms with Gasteiger partial charge in [0.2, 0.25) is 0 Å². The molecule has 2 aromatic rings. The number of fused-ring (bicyclic) bond motifs is 1. The maximum atomic E-state index is 8.36. The zero-order valence-corrected chi connectivity index (χ0v) is 10.5. The lowest BCUT2D eigenvalue weighted by molar-refractivity contribution is -0.122. The third-order valence-electron chi connectivity index (χ3n) is 2.51. The first kappa shape index (κ1) is 14.0. The van der Waals surface area contributed by atoms with Crippen LogP contribution in [0.5, 0.6) is 5.75 Å². The monoisotopic (exact) mass is 246 g/mol. The van der Waals surface area contributed by atoms with Crippen LogP contribution in [0.1, 0.15) is 19.8 Å². The Morgan fingerprint density at radius 1 is 1.17 bits per heavy atom. The number of carboxylic acid groups (broad SMARTS) is 1. The molecule has 0 amide bonds. The van der Waals surface area contributed by atoms with Gasteiger partial charge in [-0.25, -0.2) is 0 Å². The number of rotatable bonds is 4. The van der Waals surface area contributed by atoms with Gasteiger partial charge in [-0.1, -0.05) is 49.7 Å². The highest BCUT2D eigenvalue weighted by Gasteiger charge is 1.99. The molecule has 3 heteroatoms. The van der Waals surface area contributed by atoms with Crippen molar-refractivity contribution in [2.75, 3.05) is 6.61 Å². The zero-order chi connectivity index (χ0) is 13.2. The Hall–Kier alpha value is -2.03. The molecule has 0 aromatic heterocycles. The van der Waals surface area contributed by atoms with Crippen molar-refractivity contribution >= 4 is 17.2 Å². The van der Waals surface area contributed by atoms with Crippen molar-refractivity contribution in [3.63, 3.8) is 0 Å². The lowest BCUT2D eigenvalue weighted by Crippen LogP contribution is -1.96. The summed E-state index contributed by atoms with van der Waals surface area (Å²) in [5, 5.41) is 9.34. The van der Waals surface area contributed by atoms with Crippen molar-refractivity contribution in [1.29, 1.82) is 0 Å². The van der Waals surface area contributed by atoms with Crippen LogP contribution in [0.4, 0.5) is 0 Å². The molecule has 0 heterocycles. The second-order valence-corrected chi connectivity index (χ2v) is 3.78. The molecule has 0 bridgehead atoms. The molecule has 0 aliphatic heterocycles. The number of ether oxygens (including phenoxy) is 1. The summed E-state index contributed by atoms with van der Waals surface area (Å²) in [5.74, 6) is 1.00. The van der Waals surface area contributed by atoms with Crippen LogP contribution in [-0.2, 0) is 4.79 Å². The fourth-order valence-corrected chi connectivity index (χ4v) is 1.65. The maximum absolute atomic E-state index is 8.36. The normalized spacial score (nSPS) is 9.39. The van der Waals surface area contributed by atoms with Crippen molar-refractivity contribution in [2.24, 2.45) is 0 Å². The Morgan fingerprint density at radius 3 is 2.56 bits per heavy atom. The van der Waals surface area contributed by atoms with Crippen molar-refractivity contribution in [2.45, 2.75) is 19.8 Å². The highest BCUT2D eigenvalue weighted by molar-refractivity contribution is 5.88. The van der Waals surface area contributed by atoms with E-state index in [1.165, 1.54) is 17.2 Å². The molecule has 2 rings (SSSR count). The molecule has 96 valence electrons. The fraction of sp³-hybridized carbons (Fsp3) is 0.267. The van der Waals surface area contributed by atoms with Crippen molar-refractivity contribution in [1.82, 2.24) is 0 Å². The largest absolute Gasteiger partial charge is 0.493 e. The van der Waals surface area contributed by atoms with E-state index in [0.29, 0.717) is 0 Å². The van der Waals surface area contributed by atoms with Gasteiger partial charge < -0.3 is 9.84 Å². The molecule has 0 unspecified atom stereocenters. The van der Waals surface area contributed by atoms with Gasteiger partial charge in [-0.05, 0) is 17.9 Å². The SMILES string of the molecule is CCCCOc1cccc2ccccc12.O=CO. The summed E-state index contributed by atoms with van der Waals surface area (Å²) < 4.78 is 5.76. The van der Waals surface area contributed by atoms with Gasteiger partial charge in [0.05, 0.1) is 6.61 Å². The summed E-state index contributed by atoms with van der Waals surface area (Å²) in [6.45, 7) is 2.73. The molecule has 18 heavy (non-hydrogen) atoms. The highest BCUT2D eigenvalue weighted by atomic mass is 16.5. The van der Waals surface area contributed by atoms with Crippen molar-refractivity contribution in [3.05, 3.63) is 42.5 Å². The van der Waals surface area contributed by atoms with Crippen LogP contribution in [0.15, 0.2) is 42.5 Å². The van der Waals surface area contributed by atoms with Crippen LogP contribution >= 0.6 is 0 Å². The van der Waals surface area contributed by atoms with E-state index in [1.54, 1.807) is 0 Å². The molecule has 1 N–H and O–H groups in total. The second-order valence-electron chi connectivity index (χ2n) is 3.78. The smallest absolute Gasteiger partial charge is 0.290 e. The van der Waals surface area contributed by atoms with Crippen LogP contribution in [0, 0.1) is 0 Å². The number of unbranched alkanes of at least 4 members (excludes halogenated alkanes) is 1. The fourth-order valence-electron chi connectivity index (χ4n) is 1.65. The number of hydrogen-bond acceptors (Lipinski definition) is 2. The summed E-state index contributed by atoms with van der Waals surface area (Å²) >= 11 is 0. The Balaban J connectivity index is 0.000000492.